The van der Waals surface area contributed by atoms with Crippen LogP contribution >= 0.6 is 0 Å². The van der Waals surface area contributed by atoms with Gasteiger partial charge in [-0.25, -0.2) is 4.98 Å². The van der Waals surface area contributed by atoms with Gasteiger partial charge in [0.2, 0.25) is 5.95 Å². The molecule has 0 unspecified atom stereocenters. The van der Waals surface area contributed by atoms with Crippen LogP contribution in [0, 0.1) is 18.3 Å². The lowest BCUT2D eigenvalue weighted by atomic mass is 10.1. The number of nitrogens with two attached hydrogens (primary N) is 1. The van der Waals surface area contributed by atoms with E-state index in [0.29, 0.717) is 11.5 Å². The van der Waals surface area contributed by atoms with Gasteiger partial charge in [0.1, 0.15) is 6.07 Å². The molecule has 4 nitrogen and oxygen atoms in total. The van der Waals surface area contributed by atoms with Crippen LogP contribution in [-0.4, -0.2) is 9.55 Å². The largest absolute Gasteiger partial charge is 0.369 e. The first-order valence-corrected chi connectivity index (χ1v) is 5.95. The SMILES string of the molecule is Cc1ccc2nc(N)n(-c3ccccc3C#N)c2c1. The Hall–Kier alpha value is -2.80. The van der Waals surface area contributed by atoms with Crippen molar-refractivity contribution in [2.45, 2.75) is 6.92 Å². The molecule has 0 fully saturated rings. The molecule has 0 saturated heterocycles. The highest BCUT2D eigenvalue weighted by Gasteiger charge is 2.12. The van der Waals surface area contributed by atoms with Crippen molar-refractivity contribution in [3.8, 4) is 11.8 Å². The highest BCUT2D eigenvalue weighted by Crippen LogP contribution is 2.25. The third kappa shape index (κ3) is 1.72. The van der Waals surface area contributed by atoms with Crippen molar-refractivity contribution in [2.75, 3.05) is 5.73 Å². The Kier molecular flexibility index (Phi) is 2.46. The maximum Gasteiger partial charge on any atom is 0.205 e. The van der Waals surface area contributed by atoms with E-state index in [0.717, 1.165) is 22.3 Å². The fourth-order valence-electron chi connectivity index (χ4n) is 2.22. The number of fused-ring (bicyclic) bond motifs is 1. The van der Waals surface area contributed by atoms with Crippen LogP contribution in [0.4, 0.5) is 5.95 Å². The molecule has 2 aromatic carbocycles. The lowest BCUT2D eigenvalue weighted by Gasteiger charge is -2.08. The number of hydrogen-bond acceptors (Lipinski definition) is 3. The summed E-state index contributed by atoms with van der Waals surface area (Å²) in [6, 6.07) is 15.5. The number of nitriles is 1. The van der Waals surface area contributed by atoms with E-state index in [2.05, 4.69) is 11.1 Å². The van der Waals surface area contributed by atoms with Gasteiger partial charge in [-0.15, -0.1) is 0 Å². The van der Waals surface area contributed by atoms with Crippen LogP contribution in [0.5, 0.6) is 0 Å². The molecule has 2 N–H and O–H groups in total. The Bertz CT molecular complexity index is 809. The molecule has 1 heterocycles. The summed E-state index contributed by atoms with van der Waals surface area (Å²) in [7, 11) is 0. The van der Waals surface area contributed by atoms with Crippen molar-refractivity contribution in [1.82, 2.24) is 9.55 Å². The third-order valence-electron chi connectivity index (χ3n) is 3.10. The lowest BCUT2D eigenvalue weighted by Crippen LogP contribution is -2.02. The molecule has 0 amide bonds. The number of aryl methyl sites for hydroxylation is 1. The van der Waals surface area contributed by atoms with Crippen molar-refractivity contribution in [3.05, 3.63) is 53.6 Å². The molecular weight excluding hydrogens is 236 g/mol. The second kappa shape index (κ2) is 4.14. The van der Waals surface area contributed by atoms with E-state index < -0.39 is 0 Å². The fourth-order valence-corrected chi connectivity index (χ4v) is 2.22. The zero-order valence-corrected chi connectivity index (χ0v) is 10.5. The van der Waals surface area contributed by atoms with E-state index in [1.807, 2.05) is 47.9 Å². The Labute approximate surface area is 110 Å². The number of nitrogen functional groups attached to an aromatic ring is 1. The molecule has 19 heavy (non-hydrogen) atoms. The molecule has 1 aromatic heterocycles. The summed E-state index contributed by atoms with van der Waals surface area (Å²) < 4.78 is 1.82. The van der Waals surface area contributed by atoms with Gasteiger partial charge in [0.25, 0.3) is 0 Å². The number of hydrogen-bond donors (Lipinski definition) is 1. The maximum atomic E-state index is 9.21. The van der Waals surface area contributed by atoms with Gasteiger partial charge in [-0.3, -0.25) is 4.57 Å². The third-order valence-corrected chi connectivity index (χ3v) is 3.10. The van der Waals surface area contributed by atoms with Crippen LogP contribution in [0.25, 0.3) is 16.7 Å². The zero-order valence-electron chi connectivity index (χ0n) is 10.5. The molecule has 0 radical (unpaired) electrons. The molecule has 0 aliphatic carbocycles. The number of imidazole rings is 1. The minimum absolute atomic E-state index is 0.392. The summed E-state index contributed by atoms with van der Waals surface area (Å²) in [5, 5.41) is 9.21. The van der Waals surface area contributed by atoms with Gasteiger partial charge in [-0.1, -0.05) is 18.2 Å². The van der Waals surface area contributed by atoms with Gasteiger partial charge < -0.3 is 5.73 Å². The van der Waals surface area contributed by atoms with Crippen molar-refractivity contribution >= 4 is 17.0 Å². The second-order valence-corrected chi connectivity index (χ2v) is 4.43. The van der Waals surface area contributed by atoms with Crippen molar-refractivity contribution < 1.29 is 0 Å². The van der Waals surface area contributed by atoms with Crippen LogP contribution in [0.15, 0.2) is 42.5 Å². The molecule has 3 rings (SSSR count). The predicted octanol–water partition coefficient (Wildman–Crippen LogP) is 2.79. The van der Waals surface area contributed by atoms with Gasteiger partial charge in [0, 0.05) is 0 Å². The maximum absolute atomic E-state index is 9.21. The fraction of sp³-hybridized carbons (Fsp3) is 0.0667. The van der Waals surface area contributed by atoms with E-state index in [1.165, 1.54) is 0 Å². The molecule has 0 aliphatic rings. The van der Waals surface area contributed by atoms with E-state index >= 15 is 0 Å². The number of nitrogens with zero attached hydrogens (tertiary/aromatic N) is 3. The first-order chi connectivity index (χ1) is 9.20. The average molecular weight is 248 g/mol. The molecule has 0 aliphatic heterocycles. The highest BCUT2D eigenvalue weighted by molar-refractivity contribution is 5.82. The van der Waals surface area contributed by atoms with Gasteiger partial charge in [-0.2, -0.15) is 5.26 Å². The first-order valence-electron chi connectivity index (χ1n) is 5.95. The standard InChI is InChI=1S/C15H12N4/c1-10-6-7-12-14(8-10)19(15(17)18-12)13-5-3-2-4-11(13)9-16/h2-8H,1H3,(H2,17,18). The van der Waals surface area contributed by atoms with Gasteiger partial charge >= 0.3 is 0 Å². The van der Waals surface area contributed by atoms with E-state index in [9.17, 15) is 5.26 Å². The Morgan fingerprint density at radius 2 is 2.00 bits per heavy atom. The smallest absolute Gasteiger partial charge is 0.205 e. The van der Waals surface area contributed by atoms with Gasteiger partial charge in [-0.05, 0) is 36.8 Å². The van der Waals surface area contributed by atoms with Crippen LogP contribution in [0.2, 0.25) is 0 Å². The second-order valence-electron chi connectivity index (χ2n) is 4.43. The van der Waals surface area contributed by atoms with Gasteiger partial charge in [0.15, 0.2) is 0 Å². The first kappa shape index (κ1) is 11.3. The summed E-state index contributed by atoms with van der Waals surface area (Å²) in [6.07, 6.45) is 0. The normalized spacial score (nSPS) is 10.5. The summed E-state index contributed by atoms with van der Waals surface area (Å²) in [6.45, 7) is 2.02. The molecule has 0 saturated carbocycles. The highest BCUT2D eigenvalue weighted by atomic mass is 15.2. The molecule has 0 atom stereocenters. The molecule has 3 aromatic rings. The molecule has 0 spiro atoms. The summed E-state index contributed by atoms with van der Waals surface area (Å²) in [4.78, 5) is 4.34. The summed E-state index contributed by atoms with van der Waals surface area (Å²) >= 11 is 0. The number of para-hydroxylation sites is 1. The Balaban J connectivity index is 2.39. The van der Waals surface area contributed by atoms with Crippen LogP contribution in [0.1, 0.15) is 11.1 Å². The summed E-state index contributed by atoms with van der Waals surface area (Å²) in [5.41, 5.74) is 10.2. The quantitative estimate of drug-likeness (QED) is 0.720. The van der Waals surface area contributed by atoms with Crippen LogP contribution in [0.3, 0.4) is 0 Å². The Morgan fingerprint density at radius 1 is 1.21 bits per heavy atom. The number of benzene rings is 2. The predicted molar refractivity (Wildman–Crippen MR) is 74.9 cm³/mol. The Morgan fingerprint density at radius 3 is 2.79 bits per heavy atom. The minimum atomic E-state index is 0.392. The lowest BCUT2D eigenvalue weighted by molar-refractivity contribution is 1.10. The topological polar surface area (TPSA) is 67.6 Å². The van der Waals surface area contributed by atoms with E-state index in [-0.39, 0.29) is 0 Å². The number of aromatic nitrogens is 2. The van der Waals surface area contributed by atoms with Crippen LogP contribution in [-0.2, 0) is 0 Å². The average Bonchev–Trinajstić information content (AvgIpc) is 2.74. The van der Waals surface area contributed by atoms with Crippen molar-refractivity contribution in [2.24, 2.45) is 0 Å². The zero-order chi connectivity index (χ0) is 13.4. The van der Waals surface area contributed by atoms with Crippen molar-refractivity contribution in [1.29, 1.82) is 5.26 Å². The molecular formula is C15H12N4. The van der Waals surface area contributed by atoms with E-state index in [4.69, 9.17) is 5.73 Å². The summed E-state index contributed by atoms with van der Waals surface area (Å²) in [5.74, 6) is 0.392. The monoisotopic (exact) mass is 248 g/mol. The van der Waals surface area contributed by atoms with E-state index in [1.54, 1.807) is 6.07 Å². The van der Waals surface area contributed by atoms with Crippen LogP contribution < -0.4 is 5.73 Å². The molecule has 4 heteroatoms. The number of anilines is 1. The molecule has 92 valence electrons. The minimum Gasteiger partial charge on any atom is -0.369 e. The van der Waals surface area contributed by atoms with Gasteiger partial charge in [0.05, 0.1) is 22.3 Å². The van der Waals surface area contributed by atoms with Crippen molar-refractivity contribution in [3.63, 3.8) is 0 Å². The molecule has 0 bridgehead atoms. The number of rotatable bonds is 1.